The summed E-state index contributed by atoms with van der Waals surface area (Å²) < 4.78 is 0. The molecule has 0 saturated carbocycles. The van der Waals surface area contributed by atoms with Gasteiger partial charge in [0.15, 0.2) is 5.96 Å². The molecule has 0 aromatic carbocycles. The van der Waals surface area contributed by atoms with Crippen molar-refractivity contribution in [3.05, 3.63) is 0 Å². The smallest absolute Gasteiger partial charge is 0.193 e. The Morgan fingerprint density at radius 2 is 2.20 bits per heavy atom. The van der Waals surface area contributed by atoms with E-state index < -0.39 is 0 Å². The Labute approximate surface area is 63.1 Å². The van der Waals surface area contributed by atoms with E-state index in [1.54, 1.807) is 7.05 Å². The van der Waals surface area contributed by atoms with Gasteiger partial charge in [0.2, 0.25) is 0 Å². The lowest BCUT2D eigenvalue weighted by Crippen LogP contribution is -2.36. The van der Waals surface area contributed by atoms with Crippen molar-refractivity contribution in [2.75, 3.05) is 27.7 Å². The first kappa shape index (κ1) is 9.27. The van der Waals surface area contributed by atoms with E-state index in [1.807, 2.05) is 14.1 Å². The summed E-state index contributed by atoms with van der Waals surface area (Å²) >= 11 is 0. The Morgan fingerprint density at radius 3 is 2.50 bits per heavy atom. The van der Waals surface area contributed by atoms with Gasteiger partial charge in [0, 0.05) is 27.7 Å². The Kier molecular flexibility index (Phi) is 4.72. The summed E-state index contributed by atoms with van der Waals surface area (Å²) in [6, 6.07) is 0. The third-order valence-corrected chi connectivity index (χ3v) is 1.36. The first-order chi connectivity index (χ1) is 4.76. The van der Waals surface area contributed by atoms with Crippen LogP contribution in [0.25, 0.3) is 0 Å². The third kappa shape index (κ3) is 2.71. The summed E-state index contributed by atoms with van der Waals surface area (Å²) in [6.45, 7) is 3.20. The molecule has 0 aliphatic heterocycles. The minimum absolute atomic E-state index is 0.946. The molecule has 0 aliphatic rings. The largest absolute Gasteiger partial charge is 0.359 e. The van der Waals surface area contributed by atoms with Crippen LogP contribution in [0.5, 0.6) is 0 Å². The monoisotopic (exact) mass is 143 g/mol. The van der Waals surface area contributed by atoms with Crippen molar-refractivity contribution in [1.82, 2.24) is 10.2 Å². The fourth-order valence-electron chi connectivity index (χ4n) is 0.915. The summed E-state index contributed by atoms with van der Waals surface area (Å²) in [4.78, 5) is 6.15. The minimum atomic E-state index is 0.946. The fourth-order valence-corrected chi connectivity index (χ4v) is 0.915. The van der Waals surface area contributed by atoms with Crippen molar-refractivity contribution in [2.45, 2.75) is 13.3 Å². The van der Waals surface area contributed by atoms with Crippen LogP contribution in [0.2, 0.25) is 0 Å². The normalized spacial score (nSPS) is 11.4. The van der Waals surface area contributed by atoms with Crippen molar-refractivity contribution in [3.8, 4) is 0 Å². The summed E-state index contributed by atoms with van der Waals surface area (Å²) in [5, 5.41) is 3.01. The zero-order valence-corrected chi connectivity index (χ0v) is 7.31. The molecule has 0 saturated heterocycles. The zero-order chi connectivity index (χ0) is 7.98. The van der Waals surface area contributed by atoms with Crippen LogP contribution in [0.15, 0.2) is 4.99 Å². The van der Waals surface area contributed by atoms with Gasteiger partial charge in [0.05, 0.1) is 0 Å². The lowest BCUT2D eigenvalue weighted by atomic mass is 10.4. The van der Waals surface area contributed by atoms with E-state index in [0.29, 0.717) is 0 Å². The van der Waals surface area contributed by atoms with Gasteiger partial charge in [-0.05, 0) is 6.42 Å². The van der Waals surface area contributed by atoms with Gasteiger partial charge in [-0.15, -0.1) is 0 Å². The Bertz CT molecular complexity index is 109. The standard InChI is InChI=1S/C7H17N3/c1-5-6-10(4)7(8-2)9-3/h5-6H2,1-4H3,(H,8,9). The molecule has 0 amide bonds. The van der Waals surface area contributed by atoms with Gasteiger partial charge in [-0.1, -0.05) is 6.92 Å². The SMILES string of the molecule is CCCN(C)C(=NC)NC. The quantitative estimate of drug-likeness (QED) is 0.451. The molecular weight excluding hydrogens is 126 g/mol. The van der Waals surface area contributed by atoms with Crippen molar-refractivity contribution in [3.63, 3.8) is 0 Å². The van der Waals surface area contributed by atoms with Crippen LogP contribution in [0.3, 0.4) is 0 Å². The molecule has 0 aromatic heterocycles. The lowest BCUT2D eigenvalue weighted by molar-refractivity contribution is 0.484. The highest BCUT2D eigenvalue weighted by atomic mass is 15.3. The average molecular weight is 143 g/mol. The summed E-state index contributed by atoms with van der Waals surface area (Å²) in [5.74, 6) is 0.946. The van der Waals surface area contributed by atoms with E-state index in [0.717, 1.165) is 18.9 Å². The molecule has 0 bridgehead atoms. The van der Waals surface area contributed by atoms with Crippen LogP contribution in [0.1, 0.15) is 13.3 Å². The highest BCUT2D eigenvalue weighted by Crippen LogP contribution is 1.85. The average Bonchev–Trinajstić information content (AvgIpc) is 1.91. The fraction of sp³-hybridized carbons (Fsp3) is 0.857. The van der Waals surface area contributed by atoms with Crippen LogP contribution in [-0.4, -0.2) is 38.5 Å². The van der Waals surface area contributed by atoms with E-state index in [1.165, 1.54) is 0 Å². The number of nitrogens with zero attached hydrogens (tertiary/aromatic N) is 2. The van der Waals surface area contributed by atoms with E-state index in [2.05, 4.69) is 22.1 Å². The maximum absolute atomic E-state index is 4.06. The minimum Gasteiger partial charge on any atom is -0.359 e. The van der Waals surface area contributed by atoms with Crippen LogP contribution in [-0.2, 0) is 0 Å². The van der Waals surface area contributed by atoms with Crippen LogP contribution >= 0.6 is 0 Å². The highest BCUT2D eigenvalue weighted by Gasteiger charge is 1.98. The number of hydrogen-bond acceptors (Lipinski definition) is 1. The molecule has 0 radical (unpaired) electrons. The molecule has 0 rings (SSSR count). The Morgan fingerprint density at radius 1 is 1.60 bits per heavy atom. The van der Waals surface area contributed by atoms with Gasteiger partial charge in [-0.25, -0.2) is 0 Å². The maximum atomic E-state index is 4.06. The van der Waals surface area contributed by atoms with Gasteiger partial charge in [0.25, 0.3) is 0 Å². The second-order valence-corrected chi connectivity index (χ2v) is 2.22. The lowest BCUT2D eigenvalue weighted by Gasteiger charge is -2.18. The molecule has 60 valence electrons. The van der Waals surface area contributed by atoms with Crippen molar-refractivity contribution >= 4 is 5.96 Å². The van der Waals surface area contributed by atoms with Crippen molar-refractivity contribution in [2.24, 2.45) is 4.99 Å². The molecule has 0 spiro atoms. The first-order valence-corrected chi connectivity index (χ1v) is 3.61. The molecule has 0 aromatic rings. The van der Waals surface area contributed by atoms with E-state index in [-0.39, 0.29) is 0 Å². The zero-order valence-electron chi connectivity index (χ0n) is 7.31. The number of aliphatic imine (C=N–C) groups is 1. The van der Waals surface area contributed by atoms with Gasteiger partial charge >= 0.3 is 0 Å². The molecule has 10 heavy (non-hydrogen) atoms. The second kappa shape index (κ2) is 5.09. The molecular formula is C7H17N3. The molecule has 3 nitrogen and oxygen atoms in total. The van der Waals surface area contributed by atoms with E-state index in [4.69, 9.17) is 0 Å². The Hall–Kier alpha value is -0.730. The number of rotatable bonds is 2. The van der Waals surface area contributed by atoms with Gasteiger partial charge in [-0.2, -0.15) is 0 Å². The predicted molar refractivity (Wildman–Crippen MR) is 45.3 cm³/mol. The number of nitrogens with one attached hydrogen (secondary N) is 1. The van der Waals surface area contributed by atoms with Gasteiger partial charge in [0.1, 0.15) is 0 Å². The molecule has 0 aliphatic carbocycles. The summed E-state index contributed by atoms with van der Waals surface area (Å²) in [6.07, 6.45) is 1.15. The molecule has 0 fully saturated rings. The molecule has 0 unspecified atom stereocenters. The van der Waals surface area contributed by atoms with Gasteiger partial charge in [-0.3, -0.25) is 4.99 Å². The van der Waals surface area contributed by atoms with Gasteiger partial charge < -0.3 is 10.2 Å². The highest BCUT2D eigenvalue weighted by molar-refractivity contribution is 5.79. The second-order valence-electron chi connectivity index (χ2n) is 2.22. The number of guanidine groups is 1. The van der Waals surface area contributed by atoms with Crippen molar-refractivity contribution < 1.29 is 0 Å². The molecule has 0 atom stereocenters. The topological polar surface area (TPSA) is 27.6 Å². The summed E-state index contributed by atoms with van der Waals surface area (Å²) in [5.41, 5.74) is 0. The predicted octanol–water partition coefficient (Wildman–Crippen LogP) is 0.533. The van der Waals surface area contributed by atoms with Crippen LogP contribution in [0, 0.1) is 0 Å². The molecule has 1 N–H and O–H groups in total. The first-order valence-electron chi connectivity index (χ1n) is 3.61. The van der Waals surface area contributed by atoms with Crippen LogP contribution in [0.4, 0.5) is 0 Å². The van der Waals surface area contributed by atoms with E-state index in [9.17, 15) is 0 Å². The van der Waals surface area contributed by atoms with E-state index >= 15 is 0 Å². The molecule has 0 heterocycles. The third-order valence-electron chi connectivity index (χ3n) is 1.36. The van der Waals surface area contributed by atoms with Crippen molar-refractivity contribution in [1.29, 1.82) is 0 Å². The maximum Gasteiger partial charge on any atom is 0.193 e. The summed E-state index contributed by atoms with van der Waals surface area (Å²) in [7, 11) is 5.70. The Balaban J connectivity index is 3.77. The molecule has 3 heteroatoms. The van der Waals surface area contributed by atoms with Crippen LogP contribution < -0.4 is 5.32 Å². The number of hydrogen-bond donors (Lipinski definition) is 1.